The highest BCUT2D eigenvalue weighted by Crippen LogP contribution is 2.30. The number of aliphatic carboxylic acids is 2. The van der Waals surface area contributed by atoms with E-state index in [1.807, 2.05) is 0 Å². The number of benzene rings is 1. The predicted octanol–water partition coefficient (Wildman–Crippen LogP) is 1.41. The van der Waals surface area contributed by atoms with Gasteiger partial charge in [-0.15, -0.1) is 0 Å². The first kappa shape index (κ1) is 126. The molecule has 46 nitrogen and oxygen atoms in total. The second-order valence-corrected chi connectivity index (χ2v) is 40.0. The van der Waals surface area contributed by atoms with E-state index in [0.29, 0.717) is 16.5 Å². The lowest BCUT2D eigenvalue weighted by molar-refractivity contribution is -0.142. The Hall–Kier alpha value is -13.3. The maximum atomic E-state index is 15.2. The minimum absolute atomic E-state index is 0.00467. The molecule has 147 heavy (non-hydrogen) atoms. The van der Waals surface area contributed by atoms with E-state index in [1.165, 1.54) is 53.4 Å². The number of nitrogens with two attached hydrogens (primary N) is 3. The average molecular weight is 2070 g/mol. The van der Waals surface area contributed by atoms with Gasteiger partial charge in [-0.3, -0.25) is 121 Å². The van der Waals surface area contributed by atoms with E-state index in [-0.39, 0.29) is 134 Å². The Balaban J connectivity index is 1.84. The van der Waals surface area contributed by atoms with Gasteiger partial charge < -0.3 is 112 Å². The number of carboxylic acid groups (broad SMARTS) is 2. The van der Waals surface area contributed by atoms with E-state index in [2.05, 4.69) is 74.1 Å². The summed E-state index contributed by atoms with van der Waals surface area (Å²) in [5, 5.41) is 81.0. The molecule has 25 N–H and O–H groups in total. The molecule has 2 fully saturated rings. The van der Waals surface area contributed by atoms with E-state index in [9.17, 15) is 111 Å². The molecule has 1 aromatic carbocycles. The number of carbonyl (C=O) groups is 23. The van der Waals surface area contributed by atoms with Gasteiger partial charge in [0.1, 0.15) is 18.1 Å². The molecule has 2 aromatic rings. The third-order valence-electron chi connectivity index (χ3n) is 26.7. The maximum absolute atomic E-state index is 15.2. The van der Waals surface area contributed by atoms with Gasteiger partial charge in [0.15, 0.2) is 58.2 Å². The van der Waals surface area contributed by atoms with Crippen LogP contribution in [-0.4, -0.2) is 271 Å². The summed E-state index contributed by atoms with van der Waals surface area (Å²) in [5.41, 5.74) is 17.9. The number of guanidine groups is 2. The summed E-state index contributed by atoms with van der Waals surface area (Å²) < 4.78 is 0. The monoisotopic (exact) mass is 2070 g/mol. The Labute approximate surface area is 857 Å². The molecule has 0 radical (unpaired) electrons. The molecule has 0 aliphatic carbocycles. The second-order valence-electron chi connectivity index (χ2n) is 40.0. The zero-order chi connectivity index (χ0) is 111. The number of rotatable bonds is 30. The van der Waals surface area contributed by atoms with Gasteiger partial charge in [-0.05, 0) is 154 Å². The predicted molar refractivity (Wildman–Crippen MR) is 539 cm³/mol. The standard InChI is InChI=1S/C101H158N20O26/c1-15-54(6)69-49-82(128)59(11)114-93(140)66(47-79(125)56(8)111-62(14)123)29-34-87(133)107-37-19-18-23-63(92(139)115-60(12)99(146)147)45-81(127)58(10)113-91(138)64(24-20-38-108-100(103)104)46-80(126)57(9)112-90(137)55(7)43-83(129)74(41-52(2)3)119-98(145)76(44-67-51-110-71-27-17-16-26-68(67)71)120-97(144)73(30-33-86(102)132)117-94(141)65(25-21-39-109-101(105)106)48-84(130)75(42-53(4)5)118-96(143)70(61(13)122)50-85(131)77-28-22-40-121(77)88(134)35-32-78(124)72(116-95(69)142)31-36-89(135)136/h16-17,26-27,51-61,63-66,69-70,72-77,110,122H,15,18-25,28-50H2,1-14H3,(H2,102,132)(H,107,133)(H,111,123)(H,112,137)(H,113,138)(H,114,140)(H,115,139)(H,116,142)(H,117,141)(H,118,143)(H,119,145)(H,120,144)(H,135,136)(H,146,147)(H4,103,104,108)(H4,105,106,109)/t54?,55-,56+,57?,58?,59+,60?,61-,63+,64-,65-,66?,69+,70?,72+,73+,74+,75+,76+,77+/m1/s1. The van der Waals surface area contributed by atoms with Gasteiger partial charge in [0.25, 0.3) is 0 Å². The van der Waals surface area contributed by atoms with Gasteiger partial charge >= 0.3 is 11.9 Å². The molecule has 3 heterocycles. The fourth-order valence-electron chi connectivity index (χ4n) is 17.6. The van der Waals surface area contributed by atoms with Gasteiger partial charge in [-0.25, -0.2) is 0 Å². The van der Waals surface area contributed by atoms with Gasteiger partial charge in [0.05, 0.1) is 60.4 Å². The van der Waals surface area contributed by atoms with Crippen LogP contribution >= 0.6 is 0 Å². The number of carboxylic acids is 2. The fourth-order valence-corrected chi connectivity index (χ4v) is 17.6. The number of carbonyl (C=O) groups excluding carboxylic acids is 21. The summed E-state index contributed by atoms with van der Waals surface area (Å²) in [5.74, 6) is -30.5. The summed E-state index contributed by atoms with van der Waals surface area (Å²) in [6.07, 6.45) is -7.68. The average Bonchev–Trinajstić information content (AvgIpc) is 1.69. The molecule has 13 amide bonds. The maximum Gasteiger partial charge on any atom is 0.325 e. The summed E-state index contributed by atoms with van der Waals surface area (Å²) >= 11 is 0. The van der Waals surface area contributed by atoms with Crippen molar-refractivity contribution in [2.75, 3.05) is 26.2 Å². The number of aliphatic hydroxyl groups is 1. The highest BCUT2D eigenvalue weighted by molar-refractivity contribution is 6.03. The van der Waals surface area contributed by atoms with Crippen molar-refractivity contribution in [2.45, 2.75) is 349 Å². The van der Waals surface area contributed by atoms with E-state index in [1.54, 1.807) is 72.0 Å². The fraction of sp³-hybridized carbons (Fsp3) is 0.673. The van der Waals surface area contributed by atoms with E-state index in [0.717, 1.165) is 6.92 Å². The Kier molecular flexibility index (Phi) is 54.2. The Morgan fingerprint density at radius 2 is 1.00 bits per heavy atom. The molecular formula is C101H158N20O26. The molecule has 4 rings (SSSR count). The van der Waals surface area contributed by atoms with Crippen LogP contribution in [0.2, 0.25) is 0 Å². The molecule has 2 aliphatic rings. The number of Topliss-reactive ketones (excluding diaryl/α,β-unsaturated/α-hetero) is 8. The zero-order valence-corrected chi connectivity index (χ0v) is 87.1. The van der Waals surface area contributed by atoms with Crippen LogP contribution in [0.4, 0.5) is 0 Å². The molecule has 2 saturated heterocycles. The number of H-pyrrole nitrogens is 1. The molecule has 6 unspecified atom stereocenters. The number of hydrogen-bond acceptors (Lipinski definition) is 26. The third kappa shape index (κ3) is 44.9. The first-order valence-corrected chi connectivity index (χ1v) is 50.9. The number of ketones is 8. The highest BCUT2D eigenvalue weighted by atomic mass is 16.4. The first-order valence-electron chi connectivity index (χ1n) is 50.9. The number of fused-ring (bicyclic) bond motifs is 2. The summed E-state index contributed by atoms with van der Waals surface area (Å²) in [7, 11) is 0. The number of aromatic nitrogens is 1. The lowest BCUT2D eigenvalue weighted by atomic mass is 9.85. The van der Waals surface area contributed by atoms with Gasteiger partial charge in [-0.1, -0.05) is 79.5 Å². The topological polar surface area (TPSA) is 754 Å². The van der Waals surface area contributed by atoms with Crippen LogP contribution < -0.4 is 86.3 Å². The lowest BCUT2D eigenvalue weighted by Crippen LogP contribution is -2.57. The molecule has 46 heteroatoms. The number of para-hydroxylation sites is 1. The van der Waals surface area contributed by atoms with Crippen molar-refractivity contribution in [3.8, 4) is 0 Å². The second kappa shape index (κ2) is 63.3. The molecule has 20 atom stereocenters. The number of aliphatic hydroxyl groups excluding tert-OH is 1. The molecule has 818 valence electrons. The SMILES string of the molecule is CCC(C)[C@@H]1CC(=O)[C@H](C)NC(=O)C(CC(=O)[C@H](C)NC(C)=O)CCC(=O)NCCCC[C@H](C(=O)NC(C)C(=O)O)CC(=O)C(C)NC(=O)[C@H](CCCNC(=N)N)CC(=O)C(C)NC(=O)[C@H](C)CC(=O)[C@H](CC(C)C)NC(=O)[C@H](Cc2c[nH]c3ccccc23)NC(=O)[C@H](CCC(N)=O)NC(=O)[C@H](CCCNC(=N)N)CC(=O)[C@H](CC(C)C)NC(=O)C([C@@H](C)O)CC(=O)[C@@H]2CCCN2C(=O)CCC(=O)[C@H](CCC(=O)O)NC1=O. The van der Waals surface area contributed by atoms with Crippen molar-refractivity contribution in [3.63, 3.8) is 0 Å². The number of hydrogen-bond donors (Lipinski definition) is 22. The van der Waals surface area contributed by atoms with Crippen LogP contribution in [0.25, 0.3) is 10.9 Å². The van der Waals surface area contributed by atoms with Crippen LogP contribution in [0.1, 0.15) is 276 Å². The van der Waals surface area contributed by atoms with Gasteiger partial charge in [-0.2, -0.15) is 0 Å². The molecular weight excluding hydrogens is 1910 g/mol. The van der Waals surface area contributed by atoms with Gasteiger partial charge in [0, 0.05) is 169 Å². The molecule has 0 bridgehead atoms. The third-order valence-corrected chi connectivity index (χ3v) is 26.7. The number of nitrogens with one attached hydrogen (secondary N) is 16. The minimum Gasteiger partial charge on any atom is -0.481 e. The largest absolute Gasteiger partial charge is 0.481 e. The van der Waals surface area contributed by atoms with E-state index in [4.69, 9.17) is 28.0 Å². The number of aromatic amines is 1. The lowest BCUT2D eigenvalue weighted by Gasteiger charge is -2.29. The first-order chi connectivity index (χ1) is 69.0. The van der Waals surface area contributed by atoms with Gasteiger partial charge in [0.2, 0.25) is 76.8 Å². The van der Waals surface area contributed by atoms with Crippen molar-refractivity contribution in [2.24, 2.45) is 76.4 Å². The van der Waals surface area contributed by atoms with E-state index >= 15 is 14.4 Å². The smallest absolute Gasteiger partial charge is 0.325 e. The molecule has 0 spiro atoms. The quantitative estimate of drug-likeness (QED) is 0.0299. The van der Waals surface area contributed by atoms with Crippen molar-refractivity contribution >= 4 is 158 Å². The number of primary amides is 1. The molecule has 0 saturated carbocycles. The molecule has 2 aliphatic heterocycles. The van der Waals surface area contributed by atoms with Crippen molar-refractivity contribution in [1.82, 2.24) is 79.0 Å². The van der Waals surface area contributed by atoms with Crippen molar-refractivity contribution < 1.29 is 126 Å². The van der Waals surface area contributed by atoms with Crippen LogP contribution in [0.15, 0.2) is 30.5 Å². The summed E-state index contributed by atoms with van der Waals surface area (Å²) in [6, 6.07) is -8.44. The van der Waals surface area contributed by atoms with Crippen LogP contribution in [0, 0.1) is 70.0 Å². The highest BCUT2D eigenvalue weighted by Gasteiger charge is 2.43. The van der Waals surface area contributed by atoms with Crippen molar-refractivity contribution in [3.05, 3.63) is 36.0 Å². The Bertz CT molecular complexity index is 4980. The molecule has 1 aromatic heterocycles. The normalized spacial score (nSPS) is 25.6. The Morgan fingerprint density at radius 3 is 1.56 bits per heavy atom. The zero-order valence-electron chi connectivity index (χ0n) is 87.1. The summed E-state index contributed by atoms with van der Waals surface area (Å²) in [6.45, 7) is 20.6. The van der Waals surface area contributed by atoms with Crippen molar-refractivity contribution in [1.29, 1.82) is 10.8 Å². The number of amides is 13. The van der Waals surface area contributed by atoms with Crippen LogP contribution in [0.5, 0.6) is 0 Å². The van der Waals surface area contributed by atoms with Crippen LogP contribution in [-0.2, 0) is 117 Å². The number of nitrogens with zero attached hydrogens (tertiary/aromatic N) is 1. The van der Waals surface area contributed by atoms with Crippen LogP contribution in [0.3, 0.4) is 0 Å². The van der Waals surface area contributed by atoms with E-state index < -0.39 is 350 Å². The summed E-state index contributed by atoms with van der Waals surface area (Å²) in [4.78, 5) is 327. The minimum atomic E-state index is -1.70. The Morgan fingerprint density at radius 1 is 0.497 bits per heavy atom.